The molecule has 25 heavy (non-hydrogen) atoms. The first kappa shape index (κ1) is 18.9. The van der Waals surface area contributed by atoms with E-state index in [1.165, 1.54) is 12.1 Å². The summed E-state index contributed by atoms with van der Waals surface area (Å²) in [4.78, 5) is 12.1. The summed E-state index contributed by atoms with van der Waals surface area (Å²) in [5.41, 5.74) is -0.555. The Bertz CT molecular complexity index is 635. The normalized spacial score (nSPS) is 16.6. The number of amides is 1. The van der Waals surface area contributed by atoms with Crippen molar-refractivity contribution in [2.45, 2.75) is 43.8 Å². The van der Waals surface area contributed by atoms with E-state index in [-0.39, 0.29) is 23.9 Å². The fraction of sp³-hybridized carbons (Fsp3) is 0.529. The predicted molar refractivity (Wildman–Crippen MR) is 86.1 cm³/mol. The number of halogens is 3. The number of anilines is 1. The third-order valence-electron chi connectivity index (χ3n) is 4.02. The molecule has 0 spiro atoms. The summed E-state index contributed by atoms with van der Waals surface area (Å²) >= 11 is 0. The van der Waals surface area contributed by atoms with Crippen LogP contribution in [-0.2, 0) is 4.79 Å². The van der Waals surface area contributed by atoms with E-state index in [0.717, 1.165) is 19.3 Å². The molecule has 1 fully saturated rings. The smallest absolute Gasteiger partial charge is 0.422 e. The first-order valence-electron chi connectivity index (χ1n) is 8.08. The fourth-order valence-corrected chi connectivity index (χ4v) is 2.80. The van der Waals surface area contributed by atoms with Crippen LogP contribution in [0.2, 0.25) is 0 Å². The summed E-state index contributed by atoms with van der Waals surface area (Å²) in [5, 5.41) is 14.9. The van der Waals surface area contributed by atoms with Gasteiger partial charge in [-0.25, -0.2) is 0 Å². The van der Waals surface area contributed by atoms with Crippen LogP contribution in [0.25, 0.3) is 0 Å². The standard InChI is InChI=1S/C17H20F3N3O2/c18-17(19,20)12-25-14-7-3-2-6-13(14)22-10-15(24)23-16(11-21)8-4-1-5-9-16/h2-3,6-7,22H,1,4-5,8-10,12H2,(H,23,24). The second-order valence-corrected chi connectivity index (χ2v) is 6.06. The van der Waals surface area contributed by atoms with Crippen LogP contribution in [0.1, 0.15) is 32.1 Å². The Hall–Kier alpha value is -2.43. The van der Waals surface area contributed by atoms with Crippen molar-refractivity contribution in [1.82, 2.24) is 5.32 Å². The minimum Gasteiger partial charge on any atom is -0.482 e. The summed E-state index contributed by atoms with van der Waals surface area (Å²) in [6, 6.07) is 8.27. The van der Waals surface area contributed by atoms with Crippen LogP contribution in [0.4, 0.5) is 18.9 Å². The maximum Gasteiger partial charge on any atom is 0.422 e. The van der Waals surface area contributed by atoms with E-state index >= 15 is 0 Å². The molecular formula is C17H20F3N3O2. The topological polar surface area (TPSA) is 74.2 Å². The first-order valence-corrected chi connectivity index (χ1v) is 8.08. The van der Waals surface area contributed by atoms with Crippen LogP contribution < -0.4 is 15.4 Å². The van der Waals surface area contributed by atoms with Gasteiger partial charge in [-0.2, -0.15) is 18.4 Å². The molecule has 0 unspecified atom stereocenters. The molecule has 0 bridgehead atoms. The Morgan fingerprint density at radius 3 is 2.56 bits per heavy atom. The molecule has 1 amide bonds. The van der Waals surface area contributed by atoms with E-state index < -0.39 is 18.3 Å². The number of carbonyl (C=O) groups is 1. The van der Waals surface area contributed by atoms with Gasteiger partial charge in [-0.1, -0.05) is 31.4 Å². The van der Waals surface area contributed by atoms with E-state index in [2.05, 4.69) is 16.7 Å². The molecule has 1 aromatic rings. The molecule has 0 atom stereocenters. The summed E-state index contributed by atoms with van der Waals surface area (Å²) in [7, 11) is 0. The molecule has 1 saturated carbocycles. The van der Waals surface area contributed by atoms with Crippen molar-refractivity contribution in [3.05, 3.63) is 24.3 Å². The van der Waals surface area contributed by atoms with Crippen LogP contribution >= 0.6 is 0 Å². The maximum atomic E-state index is 12.3. The fourth-order valence-electron chi connectivity index (χ4n) is 2.80. The van der Waals surface area contributed by atoms with Gasteiger partial charge in [0.25, 0.3) is 0 Å². The average molecular weight is 355 g/mol. The summed E-state index contributed by atoms with van der Waals surface area (Å²) in [6.45, 7) is -1.56. The van der Waals surface area contributed by atoms with Crippen LogP contribution in [0.15, 0.2) is 24.3 Å². The minimum absolute atomic E-state index is 0.0142. The highest BCUT2D eigenvalue weighted by Gasteiger charge is 2.33. The van der Waals surface area contributed by atoms with Gasteiger partial charge in [-0.3, -0.25) is 4.79 Å². The Morgan fingerprint density at radius 1 is 1.24 bits per heavy atom. The van der Waals surface area contributed by atoms with Crippen molar-refractivity contribution in [2.75, 3.05) is 18.5 Å². The largest absolute Gasteiger partial charge is 0.482 e. The SMILES string of the molecule is N#CC1(NC(=O)CNc2ccccc2OCC(F)(F)F)CCCCC1. The van der Waals surface area contributed by atoms with Gasteiger partial charge < -0.3 is 15.4 Å². The average Bonchev–Trinajstić information content (AvgIpc) is 2.59. The van der Waals surface area contributed by atoms with Crippen molar-refractivity contribution in [3.8, 4) is 11.8 Å². The molecule has 5 nitrogen and oxygen atoms in total. The summed E-state index contributed by atoms with van der Waals surface area (Å²) < 4.78 is 41.6. The number of hydrogen-bond donors (Lipinski definition) is 2. The number of nitrogens with one attached hydrogen (secondary N) is 2. The molecule has 1 aliphatic rings. The third-order valence-corrected chi connectivity index (χ3v) is 4.02. The van der Waals surface area contributed by atoms with Crippen LogP contribution in [0, 0.1) is 11.3 Å². The lowest BCUT2D eigenvalue weighted by atomic mass is 9.83. The number of hydrogen-bond acceptors (Lipinski definition) is 4. The Kier molecular flexibility index (Phi) is 6.12. The van der Waals surface area contributed by atoms with Crippen LogP contribution in [0.3, 0.4) is 0 Å². The molecule has 0 radical (unpaired) electrons. The number of nitrogens with zero attached hydrogens (tertiary/aromatic N) is 1. The highest BCUT2D eigenvalue weighted by molar-refractivity contribution is 5.82. The number of rotatable bonds is 6. The van der Waals surface area contributed by atoms with Gasteiger partial charge in [0.2, 0.25) is 5.91 Å². The zero-order valence-electron chi connectivity index (χ0n) is 13.7. The Balaban J connectivity index is 1.92. The van der Waals surface area contributed by atoms with E-state index in [1.807, 2.05) is 0 Å². The second-order valence-electron chi connectivity index (χ2n) is 6.06. The number of para-hydroxylation sites is 2. The van der Waals surface area contributed by atoms with Crippen molar-refractivity contribution in [1.29, 1.82) is 5.26 Å². The van der Waals surface area contributed by atoms with Crippen LogP contribution in [0.5, 0.6) is 5.75 Å². The van der Waals surface area contributed by atoms with Crippen molar-refractivity contribution in [2.24, 2.45) is 0 Å². The Morgan fingerprint density at radius 2 is 1.92 bits per heavy atom. The van der Waals surface area contributed by atoms with Gasteiger partial charge in [0.05, 0.1) is 18.3 Å². The molecule has 2 rings (SSSR count). The third kappa shape index (κ3) is 5.85. The van der Waals surface area contributed by atoms with Gasteiger partial charge in [0, 0.05) is 0 Å². The molecular weight excluding hydrogens is 335 g/mol. The summed E-state index contributed by atoms with van der Waals surface area (Å²) in [6.07, 6.45) is -0.405. The molecule has 1 aliphatic carbocycles. The number of benzene rings is 1. The predicted octanol–water partition coefficient (Wildman–Crippen LogP) is 3.38. The monoisotopic (exact) mass is 355 g/mol. The molecule has 0 heterocycles. The van der Waals surface area contributed by atoms with E-state index in [4.69, 9.17) is 4.74 Å². The lowest BCUT2D eigenvalue weighted by Gasteiger charge is -2.31. The molecule has 136 valence electrons. The molecule has 0 aromatic heterocycles. The highest BCUT2D eigenvalue weighted by atomic mass is 19.4. The lowest BCUT2D eigenvalue weighted by molar-refractivity contribution is -0.153. The number of alkyl halides is 3. The zero-order chi connectivity index (χ0) is 18.3. The van der Waals surface area contributed by atoms with Crippen molar-refractivity contribution >= 4 is 11.6 Å². The molecule has 2 N–H and O–H groups in total. The van der Waals surface area contributed by atoms with Crippen molar-refractivity contribution in [3.63, 3.8) is 0 Å². The van der Waals surface area contributed by atoms with E-state index in [0.29, 0.717) is 12.8 Å². The minimum atomic E-state index is -4.44. The first-order chi connectivity index (χ1) is 11.8. The number of ether oxygens (including phenoxy) is 1. The quantitative estimate of drug-likeness (QED) is 0.820. The molecule has 0 aliphatic heterocycles. The molecule has 1 aromatic carbocycles. The molecule has 8 heteroatoms. The summed E-state index contributed by atoms with van der Waals surface area (Å²) in [5.74, 6) is -0.366. The number of carbonyl (C=O) groups excluding carboxylic acids is 1. The maximum absolute atomic E-state index is 12.3. The number of nitriles is 1. The van der Waals surface area contributed by atoms with Gasteiger partial charge in [-0.05, 0) is 25.0 Å². The van der Waals surface area contributed by atoms with Gasteiger partial charge >= 0.3 is 6.18 Å². The molecule has 0 saturated heterocycles. The van der Waals surface area contributed by atoms with E-state index in [9.17, 15) is 23.2 Å². The van der Waals surface area contributed by atoms with Crippen LogP contribution in [-0.4, -0.2) is 30.8 Å². The van der Waals surface area contributed by atoms with Gasteiger partial charge in [-0.15, -0.1) is 0 Å². The van der Waals surface area contributed by atoms with Crippen molar-refractivity contribution < 1.29 is 22.7 Å². The zero-order valence-corrected chi connectivity index (χ0v) is 13.7. The van der Waals surface area contributed by atoms with Gasteiger partial charge in [0.1, 0.15) is 11.3 Å². The Labute approximate surface area is 144 Å². The lowest BCUT2D eigenvalue weighted by Crippen LogP contribution is -2.50. The van der Waals surface area contributed by atoms with Gasteiger partial charge in [0.15, 0.2) is 6.61 Å². The highest BCUT2D eigenvalue weighted by Crippen LogP contribution is 2.28. The second kappa shape index (κ2) is 8.10. The van der Waals surface area contributed by atoms with E-state index in [1.54, 1.807) is 12.1 Å².